The molecule has 0 unspecified atom stereocenters. The molecule has 4 aromatic rings. The number of anilines is 1. The molecule has 3 aromatic heterocycles. The molecule has 0 amide bonds. The Morgan fingerprint density at radius 3 is 2.41 bits per heavy atom. The van der Waals surface area contributed by atoms with Gasteiger partial charge in [-0.05, 0) is 23.8 Å². The Balaban J connectivity index is 1.89. The molecule has 0 spiro atoms. The van der Waals surface area contributed by atoms with E-state index in [-0.39, 0.29) is 0 Å². The summed E-state index contributed by atoms with van der Waals surface area (Å²) >= 11 is 0. The molecule has 0 aliphatic carbocycles. The maximum atomic E-state index is 6.30. The third kappa shape index (κ3) is 2.00. The average Bonchev–Trinajstić information content (AvgIpc) is 3.02. The molecule has 5 heteroatoms. The molecular weight excluding hydrogens is 274 g/mol. The summed E-state index contributed by atoms with van der Waals surface area (Å²) in [6.45, 7) is 0. The number of nitrogen functional groups attached to an aromatic ring is 1. The zero-order chi connectivity index (χ0) is 14.9. The van der Waals surface area contributed by atoms with Crippen LogP contribution in [0.25, 0.3) is 28.2 Å². The molecule has 106 valence electrons. The normalized spacial score (nSPS) is 10.9. The lowest BCUT2D eigenvalue weighted by molar-refractivity contribution is 0.967. The van der Waals surface area contributed by atoms with Crippen molar-refractivity contribution in [3.8, 4) is 22.5 Å². The largest absolute Gasteiger partial charge is 0.395 e. The highest BCUT2D eigenvalue weighted by atomic mass is 15.3. The van der Waals surface area contributed by atoms with Gasteiger partial charge in [-0.15, -0.1) is 5.10 Å². The first kappa shape index (κ1) is 12.5. The monoisotopic (exact) mass is 287 g/mol. The van der Waals surface area contributed by atoms with Crippen molar-refractivity contribution in [3.05, 3.63) is 67.1 Å². The summed E-state index contributed by atoms with van der Waals surface area (Å²) in [5.41, 5.74) is 10.5. The van der Waals surface area contributed by atoms with E-state index in [0.717, 1.165) is 16.7 Å². The molecule has 0 fully saturated rings. The topological polar surface area (TPSA) is 69.1 Å². The van der Waals surface area contributed by atoms with E-state index in [9.17, 15) is 0 Å². The lowest BCUT2D eigenvalue weighted by Crippen LogP contribution is -1.96. The number of rotatable bonds is 2. The summed E-state index contributed by atoms with van der Waals surface area (Å²) in [4.78, 5) is 8.61. The standard InChI is InChI=1S/C17H13N5/c18-15-14(12-6-9-19-10-7-12)8-11-22-17(15)20-16(21-22)13-4-2-1-3-5-13/h1-11H,18H2. The minimum Gasteiger partial charge on any atom is -0.395 e. The van der Waals surface area contributed by atoms with Gasteiger partial charge in [-0.1, -0.05) is 30.3 Å². The van der Waals surface area contributed by atoms with Gasteiger partial charge in [0.15, 0.2) is 11.5 Å². The van der Waals surface area contributed by atoms with Crippen LogP contribution in [-0.4, -0.2) is 19.6 Å². The van der Waals surface area contributed by atoms with Crippen molar-refractivity contribution >= 4 is 11.3 Å². The first-order valence-corrected chi connectivity index (χ1v) is 6.93. The van der Waals surface area contributed by atoms with Gasteiger partial charge in [-0.25, -0.2) is 9.50 Å². The summed E-state index contributed by atoms with van der Waals surface area (Å²) in [5, 5.41) is 4.49. The Hall–Kier alpha value is -3.21. The van der Waals surface area contributed by atoms with Crippen molar-refractivity contribution in [1.82, 2.24) is 19.6 Å². The maximum absolute atomic E-state index is 6.30. The first-order valence-electron chi connectivity index (χ1n) is 6.93. The van der Waals surface area contributed by atoms with Crippen LogP contribution in [0, 0.1) is 0 Å². The molecule has 0 atom stereocenters. The van der Waals surface area contributed by atoms with E-state index >= 15 is 0 Å². The summed E-state index contributed by atoms with van der Waals surface area (Å²) in [5.74, 6) is 0.666. The minimum absolute atomic E-state index is 0.614. The molecule has 5 nitrogen and oxygen atoms in total. The number of pyridine rings is 2. The second-order valence-electron chi connectivity index (χ2n) is 4.95. The van der Waals surface area contributed by atoms with Crippen LogP contribution in [0.2, 0.25) is 0 Å². The van der Waals surface area contributed by atoms with E-state index in [4.69, 9.17) is 5.73 Å². The Kier molecular flexibility index (Phi) is 2.83. The summed E-state index contributed by atoms with van der Waals surface area (Å²) in [6.07, 6.45) is 5.37. The van der Waals surface area contributed by atoms with Gasteiger partial charge in [0, 0.05) is 29.7 Å². The molecule has 22 heavy (non-hydrogen) atoms. The van der Waals surface area contributed by atoms with E-state index in [2.05, 4.69) is 15.1 Å². The predicted octanol–water partition coefficient (Wildman–Crippen LogP) is 3.04. The molecule has 3 heterocycles. The second-order valence-corrected chi connectivity index (χ2v) is 4.95. The van der Waals surface area contributed by atoms with Crippen molar-refractivity contribution in [2.24, 2.45) is 0 Å². The smallest absolute Gasteiger partial charge is 0.182 e. The molecule has 0 radical (unpaired) electrons. The van der Waals surface area contributed by atoms with E-state index in [1.165, 1.54) is 0 Å². The number of aromatic nitrogens is 4. The van der Waals surface area contributed by atoms with Gasteiger partial charge in [-0.3, -0.25) is 4.98 Å². The Labute approximate surface area is 127 Å². The second kappa shape index (κ2) is 4.96. The number of hydrogen-bond acceptors (Lipinski definition) is 4. The van der Waals surface area contributed by atoms with E-state index in [0.29, 0.717) is 17.2 Å². The summed E-state index contributed by atoms with van der Waals surface area (Å²) in [6, 6.07) is 15.7. The van der Waals surface area contributed by atoms with Crippen LogP contribution in [0.15, 0.2) is 67.1 Å². The van der Waals surface area contributed by atoms with Gasteiger partial charge in [0.1, 0.15) is 0 Å². The van der Waals surface area contributed by atoms with Crippen LogP contribution in [0.4, 0.5) is 5.69 Å². The van der Waals surface area contributed by atoms with Gasteiger partial charge in [0.05, 0.1) is 5.69 Å². The molecule has 1 aromatic carbocycles. The number of hydrogen-bond donors (Lipinski definition) is 1. The van der Waals surface area contributed by atoms with E-state index in [1.807, 2.05) is 54.7 Å². The third-order valence-corrected chi connectivity index (χ3v) is 3.57. The molecule has 0 aliphatic heterocycles. The lowest BCUT2D eigenvalue weighted by Gasteiger charge is -2.05. The van der Waals surface area contributed by atoms with E-state index < -0.39 is 0 Å². The van der Waals surface area contributed by atoms with Crippen LogP contribution in [0.1, 0.15) is 0 Å². The molecule has 0 bridgehead atoms. The molecule has 0 saturated carbocycles. The highest BCUT2D eigenvalue weighted by molar-refractivity contribution is 5.85. The highest BCUT2D eigenvalue weighted by Crippen LogP contribution is 2.29. The fraction of sp³-hybridized carbons (Fsp3) is 0. The number of benzene rings is 1. The average molecular weight is 287 g/mol. The zero-order valence-corrected chi connectivity index (χ0v) is 11.7. The van der Waals surface area contributed by atoms with Gasteiger partial charge < -0.3 is 5.73 Å². The lowest BCUT2D eigenvalue weighted by atomic mass is 10.1. The zero-order valence-electron chi connectivity index (χ0n) is 11.7. The molecule has 0 aliphatic rings. The van der Waals surface area contributed by atoms with Crippen LogP contribution in [-0.2, 0) is 0 Å². The van der Waals surface area contributed by atoms with E-state index in [1.54, 1.807) is 16.9 Å². The minimum atomic E-state index is 0.614. The van der Waals surface area contributed by atoms with Crippen molar-refractivity contribution < 1.29 is 0 Å². The SMILES string of the molecule is Nc1c(-c2ccncc2)ccn2nc(-c3ccccc3)nc12. The molecular formula is C17H13N5. The maximum Gasteiger partial charge on any atom is 0.182 e. The van der Waals surface area contributed by atoms with Crippen LogP contribution < -0.4 is 5.73 Å². The van der Waals surface area contributed by atoms with Gasteiger partial charge in [0.25, 0.3) is 0 Å². The molecule has 4 rings (SSSR count). The first-order chi connectivity index (χ1) is 10.8. The fourth-order valence-electron chi connectivity index (χ4n) is 2.46. The number of nitrogens with two attached hydrogens (primary N) is 1. The summed E-state index contributed by atoms with van der Waals surface area (Å²) in [7, 11) is 0. The Bertz CT molecular complexity index is 929. The predicted molar refractivity (Wildman–Crippen MR) is 86.1 cm³/mol. The van der Waals surface area contributed by atoms with Gasteiger partial charge in [0.2, 0.25) is 0 Å². The Morgan fingerprint density at radius 1 is 0.864 bits per heavy atom. The van der Waals surface area contributed by atoms with Crippen LogP contribution in [0.5, 0.6) is 0 Å². The van der Waals surface area contributed by atoms with Crippen molar-refractivity contribution in [2.75, 3.05) is 5.73 Å². The van der Waals surface area contributed by atoms with Crippen LogP contribution in [0.3, 0.4) is 0 Å². The van der Waals surface area contributed by atoms with Gasteiger partial charge in [-0.2, -0.15) is 0 Å². The fourth-order valence-corrected chi connectivity index (χ4v) is 2.46. The quantitative estimate of drug-likeness (QED) is 0.615. The molecule has 0 saturated heterocycles. The number of nitrogens with zero attached hydrogens (tertiary/aromatic N) is 4. The summed E-state index contributed by atoms with van der Waals surface area (Å²) < 4.78 is 1.71. The number of fused-ring (bicyclic) bond motifs is 1. The van der Waals surface area contributed by atoms with Crippen molar-refractivity contribution in [1.29, 1.82) is 0 Å². The highest BCUT2D eigenvalue weighted by Gasteiger charge is 2.12. The van der Waals surface area contributed by atoms with Crippen LogP contribution >= 0.6 is 0 Å². The van der Waals surface area contributed by atoms with Gasteiger partial charge >= 0.3 is 0 Å². The van der Waals surface area contributed by atoms with Crippen molar-refractivity contribution in [2.45, 2.75) is 0 Å². The third-order valence-electron chi connectivity index (χ3n) is 3.57. The Morgan fingerprint density at radius 2 is 1.64 bits per heavy atom. The van der Waals surface area contributed by atoms with Crippen molar-refractivity contribution in [3.63, 3.8) is 0 Å². The molecule has 2 N–H and O–H groups in total.